The molecular formula is C117H75N15. The summed E-state index contributed by atoms with van der Waals surface area (Å²) in [6, 6.07) is 10.1. The fourth-order valence-electron chi connectivity index (χ4n) is 16.7. The maximum atomic E-state index is 9.53. The highest BCUT2D eigenvalue weighted by atomic mass is 15.2. The minimum atomic E-state index is -0.944. The Morgan fingerprint density at radius 2 is 0.364 bits per heavy atom. The Balaban J connectivity index is 0.000000136. The summed E-state index contributed by atoms with van der Waals surface area (Å²) in [6.07, 6.45) is 0. The average molecular weight is 1740 g/mol. The van der Waals surface area contributed by atoms with Crippen LogP contribution in [0, 0.1) is 0 Å². The lowest BCUT2D eigenvalue weighted by Crippen LogP contribution is -2.07. The summed E-state index contributed by atoms with van der Waals surface area (Å²) in [4.78, 5) is 41.2. The average Bonchev–Trinajstić information content (AvgIpc) is 1.50. The van der Waals surface area contributed by atoms with Crippen molar-refractivity contribution in [1.29, 1.82) is 0 Å². The molecule has 27 aromatic rings. The van der Waals surface area contributed by atoms with Gasteiger partial charge < -0.3 is 13.7 Å². The third-order valence-corrected chi connectivity index (χ3v) is 21.9. The van der Waals surface area contributed by atoms with Crippen molar-refractivity contribution in [1.82, 2.24) is 72.3 Å². The van der Waals surface area contributed by atoms with Gasteiger partial charge in [0, 0.05) is 115 Å². The lowest BCUT2D eigenvalue weighted by atomic mass is 10.1. The smallest absolute Gasteiger partial charge is 0.238 e. The molecule has 0 bridgehead atoms. The van der Waals surface area contributed by atoms with Gasteiger partial charge in [-0.2, -0.15) is 29.9 Å². The molecule has 132 heavy (non-hydrogen) atoms. The Morgan fingerprint density at radius 3 is 0.682 bits per heavy atom. The summed E-state index contributed by atoms with van der Waals surface area (Å²) in [6.45, 7) is 0. The first-order valence-corrected chi connectivity index (χ1v) is 40.1. The van der Waals surface area contributed by atoms with E-state index in [4.69, 9.17) is 83.0 Å². The number of hydrogen-bond acceptors (Lipinski definition) is 9. The summed E-state index contributed by atoms with van der Waals surface area (Å²) < 4.78 is 442. The van der Waals surface area contributed by atoms with Crippen molar-refractivity contribution in [2.24, 2.45) is 0 Å². The van der Waals surface area contributed by atoms with Crippen LogP contribution >= 0.6 is 0 Å². The summed E-state index contributed by atoms with van der Waals surface area (Å²) in [5.41, 5.74) is -0.616. The van der Waals surface area contributed by atoms with Crippen molar-refractivity contribution in [3.63, 3.8) is 0 Å². The molecular weight excluding hydrogens is 1620 g/mol. The van der Waals surface area contributed by atoms with Crippen LogP contribution in [-0.4, -0.2) is 72.3 Å². The maximum Gasteiger partial charge on any atom is 0.238 e. The van der Waals surface area contributed by atoms with Crippen molar-refractivity contribution in [2.45, 2.75) is 0 Å². The van der Waals surface area contributed by atoms with Gasteiger partial charge in [0.25, 0.3) is 0 Å². The molecule has 0 spiro atoms. The fourth-order valence-corrected chi connectivity index (χ4v) is 16.7. The van der Waals surface area contributed by atoms with E-state index in [1.54, 1.807) is 50.1 Å². The van der Waals surface area contributed by atoms with Gasteiger partial charge >= 0.3 is 0 Å². The second kappa shape index (κ2) is 32.0. The Labute approximate surface area is 826 Å². The molecule has 0 atom stereocenters. The molecule has 618 valence electrons. The van der Waals surface area contributed by atoms with Crippen LogP contribution in [0.2, 0.25) is 0 Å². The summed E-state index contributed by atoms with van der Waals surface area (Å²) in [7, 11) is 0. The number of para-hydroxylation sites is 9. The van der Waals surface area contributed by atoms with Crippen LogP contribution in [0.3, 0.4) is 0 Å². The van der Waals surface area contributed by atoms with Crippen molar-refractivity contribution < 1.29 is 68.5 Å². The quantitative estimate of drug-likeness (QED) is 0.117. The molecule has 0 saturated carbocycles. The molecule has 15 nitrogen and oxygen atoms in total. The SMILES string of the molecule is [2H]c1c([2H])c([2H])c(-c2nc(-c3c([2H])c([2H])c([2H])c([2H])c3[2H])nc(-n3c4c([2H])c([2H])c([2H])c([2H])c4c4c([2H])c([2H])c5c6c([2H])c([2H])c([2H])c([2H])c6n(-c6c([2H])c([2H])c([2H])c([2H])c6[2H])c5c43)n2)c([2H])c1[2H].[2H]c1c([2H])c([2H])c(-c2nc(-c3c([2H])c([2H])c([2H])c([2H])c3[2H])nc(-n3c4ccccc4c4ccc5c6ccccc6n(-c6c([2H])c([2H])c([2H])c([2H])c6[2H])c5c43)n2)c([2H])c1[2H].[2H]c1c([2H])c([2H])c(-c2nc(-c3c([2H])c([2H])c([2H])c([2H])c3[2H])nc(-n3c4ccccc4c4ccc5c6ccccc6n(-c6ccccc6)c5c43)n2)c([2H])c1[2H]. The number of hydrogen-bond donors (Lipinski definition) is 0. The zero-order valence-electron chi connectivity index (χ0n) is 117. The normalized spacial score (nSPS) is 16.9. The number of fused-ring (bicyclic) bond motifs is 21. The molecule has 0 fully saturated rings. The van der Waals surface area contributed by atoms with E-state index in [2.05, 4.69) is 35.6 Å². The van der Waals surface area contributed by atoms with Crippen molar-refractivity contribution in [3.05, 3.63) is 454 Å². The number of rotatable bonds is 12. The number of nitrogens with zero attached hydrogens (tertiary/aromatic N) is 15. The maximum absolute atomic E-state index is 9.53. The molecule has 9 aromatic heterocycles. The summed E-state index contributed by atoms with van der Waals surface area (Å²) >= 11 is 0. The predicted molar refractivity (Wildman–Crippen MR) is 538 cm³/mol. The van der Waals surface area contributed by atoms with Gasteiger partial charge in [-0.1, -0.05) is 381 Å². The van der Waals surface area contributed by atoms with Gasteiger partial charge in [-0.25, -0.2) is 15.0 Å². The van der Waals surface area contributed by atoms with Crippen LogP contribution in [0.1, 0.15) is 68.5 Å². The summed E-state index contributed by atoms with van der Waals surface area (Å²) in [5, 5.41) is 3.98. The van der Waals surface area contributed by atoms with Gasteiger partial charge in [-0.15, -0.1) is 0 Å². The lowest BCUT2D eigenvalue weighted by Gasteiger charge is -2.13. The Hall–Kier alpha value is -18.2. The van der Waals surface area contributed by atoms with Crippen molar-refractivity contribution >= 4 is 131 Å². The van der Waals surface area contributed by atoms with Crippen LogP contribution in [0.15, 0.2) is 454 Å². The first-order chi connectivity index (χ1) is 86.3. The minimum absolute atomic E-state index is 0.0582. The number of aromatic nitrogens is 15. The van der Waals surface area contributed by atoms with Gasteiger partial charge in [0.2, 0.25) is 17.8 Å². The largest absolute Gasteiger partial charge is 0.307 e. The molecule has 18 aromatic carbocycles. The monoisotopic (exact) mass is 1740 g/mol. The third-order valence-electron chi connectivity index (χ3n) is 21.9. The van der Waals surface area contributed by atoms with E-state index in [-0.39, 0.29) is 40.4 Å². The molecule has 0 aliphatic heterocycles. The highest BCUT2D eigenvalue weighted by Gasteiger charge is 2.29. The molecule has 0 aliphatic carbocycles. The molecule has 27 rings (SSSR count). The molecule has 0 N–H and O–H groups in total. The Bertz CT molecular complexity index is 12000. The summed E-state index contributed by atoms with van der Waals surface area (Å²) in [5.74, 6) is -4.44. The van der Waals surface area contributed by atoms with Crippen LogP contribution in [0.5, 0.6) is 0 Å². The zero-order valence-corrected chi connectivity index (χ0v) is 67.1. The fraction of sp³-hybridized carbons (Fsp3) is 0. The molecule has 0 aliphatic rings. The van der Waals surface area contributed by atoms with E-state index in [9.17, 15) is 5.48 Å². The topological polar surface area (TPSA) is 146 Å². The standard InChI is InChI=1S/3C39H25N5/c3*1-4-14-26(15-5-1)37-40-38(27-16-6-2-7-17-27)42-39(41-37)44-34-23-13-11-21-30(34)32-25-24-31-29-20-10-12-22-33(29)43(35(31)36(32)44)28-18-8-3-9-19-28/h3*1-25H/i1D,2D,3D,4D,5D,6D,7D,8D,9D,10D,11D,12D,13D,14D,15D,16D,17D,18D,19D,20D,21D,22D,23D,24D,25D;1D,2D,3D,4D,5D,6D,7D,8D,9D,14D,15D,16D,17D,18D,19D;1D,2D,4D,5D,6D,7D,14D,15D,16D,17D. The minimum Gasteiger partial charge on any atom is -0.307 e. The zero-order chi connectivity index (χ0) is 131. The Kier molecular flexibility index (Phi) is 9.96. The molecule has 0 unspecified atom stereocenters. The highest BCUT2D eigenvalue weighted by molar-refractivity contribution is 6.27. The Morgan fingerprint density at radius 1 is 0.144 bits per heavy atom. The van der Waals surface area contributed by atoms with Gasteiger partial charge in [0.05, 0.1) is 135 Å². The van der Waals surface area contributed by atoms with E-state index in [1.807, 2.05) is 109 Å². The van der Waals surface area contributed by atoms with Crippen LogP contribution in [0.4, 0.5) is 0 Å². The van der Waals surface area contributed by atoms with Gasteiger partial charge in [0.1, 0.15) is 0 Å². The molecule has 9 heterocycles. The van der Waals surface area contributed by atoms with Crippen molar-refractivity contribution in [2.75, 3.05) is 0 Å². The van der Waals surface area contributed by atoms with E-state index in [0.29, 0.717) is 54.6 Å². The van der Waals surface area contributed by atoms with Crippen molar-refractivity contribution in [3.8, 4) is 103 Å². The van der Waals surface area contributed by atoms with Gasteiger partial charge in [-0.05, 0) is 72.7 Å². The third kappa shape index (κ3) is 12.8. The van der Waals surface area contributed by atoms with Crippen LogP contribution < -0.4 is 0 Å². The van der Waals surface area contributed by atoms with E-state index in [1.165, 1.54) is 0 Å². The van der Waals surface area contributed by atoms with E-state index < -0.39 is 403 Å². The molecule has 0 amide bonds. The van der Waals surface area contributed by atoms with Crippen LogP contribution in [-0.2, 0) is 0 Å². The highest BCUT2D eigenvalue weighted by Crippen LogP contribution is 2.47. The van der Waals surface area contributed by atoms with Crippen LogP contribution in [0.25, 0.3) is 234 Å². The second-order valence-electron chi connectivity index (χ2n) is 29.1. The first-order valence-electron chi connectivity index (χ1n) is 65.1. The second-order valence-corrected chi connectivity index (χ2v) is 29.1. The van der Waals surface area contributed by atoms with E-state index in [0.717, 1.165) is 47.4 Å². The number of benzene rings is 18. The molecule has 0 saturated heterocycles. The first kappa shape index (κ1) is 41.0. The predicted octanol–water partition coefficient (Wildman–Crippen LogP) is 28.2. The van der Waals surface area contributed by atoms with E-state index >= 15 is 0 Å². The van der Waals surface area contributed by atoms with Gasteiger partial charge in [-0.3, -0.25) is 13.7 Å². The van der Waals surface area contributed by atoms with Gasteiger partial charge in [0.15, 0.2) is 34.9 Å². The lowest BCUT2D eigenvalue weighted by molar-refractivity contribution is 0.953. The molecule has 0 radical (unpaired) electrons. The molecule has 15 heteroatoms.